The van der Waals surface area contributed by atoms with Crippen molar-refractivity contribution in [3.8, 4) is 0 Å². The molecule has 1 amide bonds. The Morgan fingerprint density at radius 3 is 2.21 bits per heavy atom. The number of carbonyl (C=O) groups excluding carboxylic acids is 1. The van der Waals surface area contributed by atoms with E-state index in [0.29, 0.717) is 6.04 Å². The lowest BCUT2D eigenvalue weighted by atomic mass is 9.97. The van der Waals surface area contributed by atoms with Crippen molar-refractivity contribution in [1.29, 1.82) is 0 Å². The molecular formula is C11H20NO2. The third kappa shape index (κ3) is 4.61. The zero-order chi connectivity index (χ0) is 10.2. The van der Waals surface area contributed by atoms with Crippen molar-refractivity contribution in [3.63, 3.8) is 0 Å². The van der Waals surface area contributed by atoms with Gasteiger partial charge in [0.25, 0.3) is 0 Å². The molecule has 1 aliphatic rings. The summed E-state index contributed by atoms with van der Waals surface area (Å²) in [7, 11) is 0. The number of carbonyl (C=O) groups is 1. The Balaban J connectivity index is 2.22. The van der Waals surface area contributed by atoms with Crippen molar-refractivity contribution in [1.82, 2.24) is 5.32 Å². The largest absolute Gasteiger partial charge is 0.353 e. The van der Waals surface area contributed by atoms with Gasteiger partial charge in [-0.15, -0.1) is 0 Å². The van der Waals surface area contributed by atoms with Gasteiger partial charge in [-0.25, -0.2) is 5.11 Å². The average molecular weight is 198 g/mol. The van der Waals surface area contributed by atoms with Gasteiger partial charge in [0.15, 0.2) is 0 Å². The van der Waals surface area contributed by atoms with Gasteiger partial charge in [0, 0.05) is 6.04 Å². The van der Waals surface area contributed by atoms with Crippen LogP contribution in [-0.4, -0.2) is 18.6 Å². The first-order chi connectivity index (χ1) is 6.83. The Bertz CT molecular complexity index is 163. The predicted octanol–water partition coefficient (Wildman–Crippen LogP) is 2.04. The van der Waals surface area contributed by atoms with Crippen LogP contribution in [0, 0.1) is 0 Å². The monoisotopic (exact) mass is 198 g/mol. The van der Waals surface area contributed by atoms with Crippen molar-refractivity contribution in [3.05, 3.63) is 0 Å². The number of nitrogens with one attached hydrogen (secondary N) is 1. The summed E-state index contributed by atoms with van der Waals surface area (Å²) in [6, 6.07) is 0.328. The van der Waals surface area contributed by atoms with E-state index in [2.05, 4.69) is 5.32 Å². The van der Waals surface area contributed by atoms with Crippen LogP contribution in [0.3, 0.4) is 0 Å². The summed E-state index contributed by atoms with van der Waals surface area (Å²) in [5.41, 5.74) is 0. The Labute approximate surface area is 85.9 Å². The van der Waals surface area contributed by atoms with Crippen LogP contribution in [0.25, 0.3) is 0 Å². The Hall–Kier alpha value is -0.570. The quantitative estimate of drug-likeness (QED) is 0.741. The van der Waals surface area contributed by atoms with Gasteiger partial charge < -0.3 is 5.32 Å². The van der Waals surface area contributed by atoms with E-state index in [4.69, 9.17) is 0 Å². The molecule has 1 radical (unpaired) electrons. The van der Waals surface area contributed by atoms with E-state index in [-0.39, 0.29) is 18.9 Å². The lowest BCUT2D eigenvalue weighted by Gasteiger charge is -2.20. The van der Waals surface area contributed by atoms with E-state index in [1.54, 1.807) is 0 Å². The number of amides is 1. The van der Waals surface area contributed by atoms with Crippen LogP contribution in [0.4, 0.5) is 0 Å². The van der Waals surface area contributed by atoms with Crippen molar-refractivity contribution >= 4 is 5.91 Å². The second kappa shape index (κ2) is 6.82. The Kier molecular flexibility index (Phi) is 5.60. The van der Waals surface area contributed by atoms with E-state index in [0.717, 1.165) is 12.8 Å². The van der Waals surface area contributed by atoms with Crippen LogP contribution >= 0.6 is 0 Å². The summed E-state index contributed by atoms with van der Waals surface area (Å²) in [6.07, 6.45) is 8.64. The summed E-state index contributed by atoms with van der Waals surface area (Å²) in [5.74, 6) is -0.0643. The zero-order valence-electron chi connectivity index (χ0n) is 8.76. The normalized spacial score (nSPS) is 19.8. The third-order valence-corrected chi connectivity index (χ3v) is 2.80. The van der Waals surface area contributed by atoms with Gasteiger partial charge in [-0.05, 0) is 12.8 Å². The van der Waals surface area contributed by atoms with Crippen LogP contribution in [0.15, 0.2) is 0 Å². The van der Waals surface area contributed by atoms with Gasteiger partial charge in [-0.1, -0.05) is 32.1 Å². The highest BCUT2D eigenvalue weighted by atomic mass is 16.3. The molecule has 0 aromatic carbocycles. The molecule has 0 saturated heterocycles. The van der Waals surface area contributed by atoms with Crippen LogP contribution in [0.5, 0.6) is 0 Å². The van der Waals surface area contributed by atoms with Gasteiger partial charge >= 0.3 is 0 Å². The van der Waals surface area contributed by atoms with Crippen molar-refractivity contribution in [2.75, 3.05) is 6.61 Å². The summed E-state index contributed by atoms with van der Waals surface area (Å²) in [6.45, 7) is -0.293. The second-order valence-electron chi connectivity index (χ2n) is 4.06. The van der Waals surface area contributed by atoms with E-state index in [9.17, 15) is 9.90 Å². The molecule has 0 unspecified atom stereocenters. The first-order valence-electron chi connectivity index (χ1n) is 5.70. The van der Waals surface area contributed by atoms with Crippen LogP contribution in [0.2, 0.25) is 0 Å². The fourth-order valence-electron chi connectivity index (χ4n) is 1.99. The van der Waals surface area contributed by atoms with Crippen molar-refractivity contribution < 1.29 is 9.90 Å². The molecule has 0 spiro atoms. The van der Waals surface area contributed by atoms with Crippen molar-refractivity contribution in [2.45, 2.75) is 57.4 Å². The molecule has 0 atom stereocenters. The average Bonchev–Trinajstić information content (AvgIpc) is 2.10. The molecule has 1 fully saturated rings. The van der Waals surface area contributed by atoms with Crippen LogP contribution in [0.1, 0.15) is 51.4 Å². The minimum atomic E-state index is -0.293. The highest BCUT2D eigenvalue weighted by molar-refractivity contribution is 5.76. The van der Waals surface area contributed by atoms with E-state index < -0.39 is 0 Å². The molecule has 0 heterocycles. The van der Waals surface area contributed by atoms with E-state index in [1.807, 2.05) is 0 Å². The summed E-state index contributed by atoms with van der Waals surface area (Å²) < 4.78 is 0. The highest BCUT2D eigenvalue weighted by Crippen LogP contribution is 2.16. The first-order valence-corrected chi connectivity index (χ1v) is 5.70. The molecule has 0 aromatic heterocycles. The maximum atomic E-state index is 11.2. The Morgan fingerprint density at radius 1 is 1.07 bits per heavy atom. The minimum Gasteiger partial charge on any atom is -0.353 e. The van der Waals surface area contributed by atoms with Gasteiger partial charge in [-0.2, -0.15) is 0 Å². The number of hydrogen-bond donors (Lipinski definition) is 1. The molecule has 1 saturated carbocycles. The molecule has 0 bridgehead atoms. The predicted molar refractivity (Wildman–Crippen MR) is 54.4 cm³/mol. The molecular weight excluding hydrogens is 178 g/mol. The number of rotatable bonds is 3. The van der Waals surface area contributed by atoms with Gasteiger partial charge in [0.1, 0.15) is 0 Å². The molecule has 1 rings (SSSR count). The maximum Gasteiger partial charge on any atom is 0.222 e. The molecule has 3 nitrogen and oxygen atoms in total. The standard InChI is InChI=1S/C11H20NO2/c13-9-8-11(14)12-10-6-4-2-1-3-5-7-10/h10H,1-9H2,(H,12,14). The Morgan fingerprint density at radius 2 is 1.64 bits per heavy atom. The molecule has 1 N–H and O–H groups in total. The third-order valence-electron chi connectivity index (χ3n) is 2.80. The lowest BCUT2D eigenvalue weighted by Crippen LogP contribution is -2.35. The second-order valence-corrected chi connectivity index (χ2v) is 4.06. The first kappa shape index (κ1) is 11.5. The van der Waals surface area contributed by atoms with E-state index >= 15 is 0 Å². The van der Waals surface area contributed by atoms with Crippen LogP contribution < -0.4 is 5.32 Å². The minimum absolute atomic E-state index is 0.0643. The molecule has 81 valence electrons. The highest BCUT2D eigenvalue weighted by Gasteiger charge is 2.13. The summed E-state index contributed by atoms with van der Waals surface area (Å²) >= 11 is 0. The zero-order valence-corrected chi connectivity index (χ0v) is 8.76. The van der Waals surface area contributed by atoms with Crippen LogP contribution in [-0.2, 0) is 9.90 Å². The fourth-order valence-corrected chi connectivity index (χ4v) is 1.99. The summed E-state index contributed by atoms with van der Waals surface area (Å²) in [5, 5.41) is 13.2. The topological polar surface area (TPSA) is 49.0 Å². The number of hydrogen-bond acceptors (Lipinski definition) is 1. The summed E-state index contributed by atoms with van der Waals surface area (Å²) in [4.78, 5) is 11.2. The smallest absolute Gasteiger partial charge is 0.222 e. The lowest BCUT2D eigenvalue weighted by molar-refractivity contribution is -0.122. The van der Waals surface area contributed by atoms with Gasteiger partial charge in [0.05, 0.1) is 13.0 Å². The SMILES string of the molecule is [O]CCC(=O)NC1CCCCCCC1. The fraction of sp³-hybridized carbons (Fsp3) is 0.909. The molecule has 0 aliphatic heterocycles. The van der Waals surface area contributed by atoms with Gasteiger partial charge in [0.2, 0.25) is 5.91 Å². The molecule has 1 aliphatic carbocycles. The van der Waals surface area contributed by atoms with Gasteiger partial charge in [-0.3, -0.25) is 4.79 Å². The molecule has 0 aromatic rings. The molecule has 3 heteroatoms. The van der Waals surface area contributed by atoms with Crippen molar-refractivity contribution in [2.24, 2.45) is 0 Å². The van der Waals surface area contributed by atoms with E-state index in [1.165, 1.54) is 32.1 Å². The maximum absolute atomic E-state index is 11.2. The molecule has 14 heavy (non-hydrogen) atoms.